The number of anilines is 1. The number of amides is 1. The molecule has 1 amide bonds. The number of aryl methyl sites for hydroxylation is 2. The highest BCUT2D eigenvalue weighted by Crippen LogP contribution is 2.25. The van der Waals surface area contributed by atoms with Crippen LogP contribution >= 0.6 is 0 Å². The standard InChI is InChI=1S/C18H26N6O2/c1-15-4-7-21-24(15)11-5-17(25)22(2)13-18(26)6-3-10-23(14-18)16-12-19-8-9-20-16/h4,7-9,12,26H,3,5-6,10-11,13-14H2,1-2H3/t18-/m0/s1. The molecule has 0 bridgehead atoms. The Balaban J connectivity index is 1.56. The highest BCUT2D eigenvalue weighted by molar-refractivity contribution is 5.75. The lowest BCUT2D eigenvalue weighted by Gasteiger charge is -2.41. The summed E-state index contributed by atoms with van der Waals surface area (Å²) in [6.07, 6.45) is 8.59. The third-order valence-electron chi connectivity index (χ3n) is 4.85. The summed E-state index contributed by atoms with van der Waals surface area (Å²) < 4.78 is 1.82. The van der Waals surface area contributed by atoms with E-state index in [9.17, 15) is 9.90 Å². The molecule has 1 aliphatic rings. The number of rotatable bonds is 6. The molecule has 0 aliphatic carbocycles. The summed E-state index contributed by atoms with van der Waals surface area (Å²) in [6, 6.07) is 1.92. The average Bonchev–Trinajstić information content (AvgIpc) is 3.05. The van der Waals surface area contributed by atoms with Crippen LogP contribution in [0.1, 0.15) is 25.0 Å². The first-order chi connectivity index (χ1) is 12.5. The molecule has 140 valence electrons. The molecule has 1 aliphatic heterocycles. The van der Waals surface area contributed by atoms with Gasteiger partial charge in [-0.05, 0) is 25.8 Å². The van der Waals surface area contributed by atoms with Crippen molar-refractivity contribution in [2.45, 2.75) is 38.3 Å². The van der Waals surface area contributed by atoms with E-state index >= 15 is 0 Å². The van der Waals surface area contributed by atoms with E-state index in [-0.39, 0.29) is 5.91 Å². The third-order valence-corrected chi connectivity index (χ3v) is 4.85. The first kappa shape index (κ1) is 18.3. The van der Waals surface area contributed by atoms with E-state index in [1.165, 1.54) is 0 Å². The minimum absolute atomic E-state index is 0.00458. The molecule has 0 aromatic carbocycles. The van der Waals surface area contributed by atoms with Crippen LogP contribution in [-0.2, 0) is 11.3 Å². The van der Waals surface area contributed by atoms with Crippen molar-refractivity contribution in [3.8, 4) is 0 Å². The largest absolute Gasteiger partial charge is 0.386 e. The minimum Gasteiger partial charge on any atom is -0.386 e. The van der Waals surface area contributed by atoms with Gasteiger partial charge in [0, 0.05) is 57.4 Å². The van der Waals surface area contributed by atoms with Crippen molar-refractivity contribution >= 4 is 11.7 Å². The van der Waals surface area contributed by atoms with Crippen LogP contribution in [0.15, 0.2) is 30.9 Å². The molecule has 0 saturated carbocycles. The van der Waals surface area contributed by atoms with Gasteiger partial charge in [0.2, 0.25) is 5.91 Å². The average molecular weight is 358 g/mol. The van der Waals surface area contributed by atoms with Gasteiger partial charge in [-0.15, -0.1) is 0 Å². The maximum Gasteiger partial charge on any atom is 0.224 e. The lowest BCUT2D eigenvalue weighted by atomic mass is 9.92. The van der Waals surface area contributed by atoms with Gasteiger partial charge in [0.25, 0.3) is 0 Å². The zero-order valence-electron chi connectivity index (χ0n) is 15.4. The number of aromatic nitrogens is 4. The predicted molar refractivity (Wildman–Crippen MR) is 97.6 cm³/mol. The molecule has 2 aromatic rings. The Morgan fingerprint density at radius 3 is 2.92 bits per heavy atom. The van der Waals surface area contributed by atoms with E-state index in [2.05, 4.69) is 15.1 Å². The quantitative estimate of drug-likeness (QED) is 0.824. The molecular formula is C18H26N6O2. The lowest BCUT2D eigenvalue weighted by Crippen LogP contribution is -2.55. The van der Waals surface area contributed by atoms with Crippen molar-refractivity contribution < 1.29 is 9.90 Å². The second kappa shape index (κ2) is 7.82. The van der Waals surface area contributed by atoms with Crippen molar-refractivity contribution in [3.63, 3.8) is 0 Å². The third kappa shape index (κ3) is 4.37. The zero-order chi connectivity index (χ0) is 18.6. The predicted octanol–water partition coefficient (Wildman–Crippen LogP) is 0.862. The maximum absolute atomic E-state index is 12.5. The van der Waals surface area contributed by atoms with Crippen molar-refractivity contribution in [1.29, 1.82) is 0 Å². The van der Waals surface area contributed by atoms with Gasteiger partial charge in [-0.1, -0.05) is 0 Å². The Labute approximate surface area is 153 Å². The second-order valence-electron chi connectivity index (χ2n) is 7.01. The van der Waals surface area contributed by atoms with Gasteiger partial charge in [-0.3, -0.25) is 14.5 Å². The molecule has 8 nitrogen and oxygen atoms in total. The van der Waals surface area contributed by atoms with Gasteiger partial charge in [-0.2, -0.15) is 5.10 Å². The van der Waals surface area contributed by atoms with E-state index in [0.29, 0.717) is 32.5 Å². The van der Waals surface area contributed by atoms with Crippen molar-refractivity contribution in [2.24, 2.45) is 0 Å². The van der Waals surface area contributed by atoms with E-state index < -0.39 is 5.60 Å². The molecule has 1 atom stereocenters. The van der Waals surface area contributed by atoms with Gasteiger partial charge in [-0.25, -0.2) is 4.98 Å². The summed E-state index contributed by atoms with van der Waals surface area (Å²) in [4.78, 5) is 24.5. The van der Waals surface area contributed by atoms with E-state index in [0.717, 1.165) is 24.5 Å². The van der Waals surface area contributed by atoms with Gasteiger partial charge in [0.15, 0.2) is 0 Å². The molecule has 2 aromatic heterocycles. The summed E-state index contributed by atoms with van der Waals surface area (Å²) in [6.45, 7) is 4.10. The van der Waals surface area contributed by atoms with Crippen LogP contribution in [0.2, 0.25) is 0 Å². The first-order valence-electron chi connectivity index (χ1n) is 8.93. The fourth-order valence-electron chi connectivity index (χ4n) is 3.45. The highest BCUT2D eigenvalue weighted by Gasteiger charge is 2.35. The van der Waals surface area contributed by atoms with Crippen LogP contribution < -0.4 is 4.90 Å². The Morgan fingerprint density at radius 1 is 1.38 bits per heavy atom. The summed E-state index contributed by atoms with van der Waals surface area (Å²) in [7, 11) is 1.75. The zero-order valence-corrected chi connectivity index (χ0v) is 15.4. The monoisotopic (exact) mass is 358 g/mol. The maximum atomic E-state index is 12.5. The molecule has 3 rings (SSSR count). The normalized spacial score (nSPS) is 20.2. The number of β-amino-alcohol motifs (C(OH)–C–C–N with tert-alkyl or cyclic N) is 1. The van der Waals surface area contributed by atoms with Crippen LogP contribution in [-0.4, -0.2) is 67.9 Å². The lowest BCUT2D eigenvalue weighted by molar-refractivity contribution is -0.133. The Morgan fingerprint density at radius 2 is 2.23 bits per heavy atom. The second-order valence-corrected chi connectivity index (χ2v) is 7.01. The number of aliphatic hydroxyl groups is 1. The van der Waals surface area contributed by atoms with Gasteiger partial charge >= 0.3 is 0 Å². The molecule has 3 heterocycles. The minimum atomic E-state index is -0.943. The number of nitrogens with zero attached hydrogens (tertiary/aromatic N) is 6. The van der Waals surface area contributed by atoms with Gasteiger partial charge in [0.05, 0.1) is 18.3 Å². The van der Waals surface area contributed by atoms with E-state index in [1.54, 1.807) is 36.7 Å². The molecule has 1 N–H and O–H groups in total. The Bertz CT molecular complexity index is 734. The van der Waals surface area contributed by atoms with Crippen LogP contribution in [0.4, 0.5) is 5.82 Å². The van der Waals surface area contributed by atoms with E-state index in [1.807, 2.05) is 22.6 Å². The van der Waals surface area contributed by atoms with Crippen LogP contribution in [0.3, 0.4) is 0 Å². The SMILES string of the molecule is Cc1ccnn1CCC(=O)N(C)C[C@@]1(O)CCCN(c2cnccn2)C1. The number of hydrogen-bond donors (Lipinski definition) is 1. The molecular weight excluding hydrogens is 332 g/mol. The Hall–Kier alpha value is -2.48. The molecule has 1 fully saturated rings. The van der Waals surface area contributed by atoms with Crippen LogP contribution in [0.25, 0.3) is 0 Å². The molecule has 0 spiro atoms. The smallest absolute Gasteiger partial charge is 0.224 e. The fraction of sp³-hybridized carbons (Fsp3) is 0.556. The summed E-state index contributed by atoms with van der Waals surface area (Å²) in [5.41, 5.74) is 0.0906. The molecule has 26 heavy (non-hydrogen) atoms. The molecule has 0 unspecified atom stereocenters. The molecule has 0 radical (unpaired) electrons. The number of carbonyl (C=O) groups excluding carboxylic acids is 1. The van der Waals surface area contributed by atoms with Gasteiger partial charge in [0.1, 0.15) is 5.82 Å². The molecule has 8 heteroatoms. The number of piperidine rings is 1. The summed E-state index contributed by atoms with van der Waals surface area (Å²) in [5.74, 6) is 0.763. The topological polar surface area (TPSA) is 87.4 Å². The number of likely N-dealkylation sites (N-methyl/N-ethyl adjacent to an activating group) is 1. The first-order valence-corrected chi connectivity index (χ1v) is 8.93. The Kier molecular flexibility index (Phi) is 5.51. The van der Waals surface area contributed by atoms with Crippen molar-refractivity contribution in [1.82, 2.24) is 24.6 Å². The summed E-state index contributed by atoms with van der Waals surface area (Å²) in [5, 5.41) is 15.2. The van der Waals surface area contributed by atoms with E-state index in [4.69, 9.17) is 0 Å². The van der Waals surface area contributed by atoms with Crippen LogP contribution in [0.5, 0.6) is 0 Å². The fourth-order valence-corrected chi connectivity index (χ4v) is 3.45. The number of carbonyl (C=O) groups is 1. The highest BCUT2D eigenvalue weighted by atomic mass is 16.3. The summed E-state index contributed by atoms with van der Waals surface area (Å²) >= 11 is 0. The van der Waals surface area contributed by atoms with Crippen LogP contribution in [0, 0.1) is 6.92 Å². The molecule has 1 saturated heterocycles. The number of hydrogen-bond acceptors (Lipinski definition) is 6. The van der Waals surface area contributed by atoms with Gasteiger partial charge < -0.3 is 14.9 Å². The van der Waals surface area contributed by atoms with Crippen molar-refractivity contribution in [3.05, 3.63) is 36.5 Å². The van der Waals surface area contributed by atoms with Crippen molar-refractivity contribution in [2.75, 3.05) is 31.6 Å².